The van der Waals surface area contributed by atoms with Gasteiger partial charge in [-0.1, -0.05) is 19.3 Å². The molecule has 1 aliphatic heterocycles. The zero-order valence-electron chi connectivity index (χ0n) is 14.6. The number of aromatic nitrogens is 4. The molecule has 2 aliphatic rings. The van der Waals surface area contributed by atoms with Crippen molar-refractivity contribution >= 4 is 6.09 Å². The zero-order chi connectivity index (χ0) is 18.0. The van der Waals surface area contributed by atoms with Gasteiger partial charge in [0.1, 0.15) is 5.54 Å². The lowest BCUT2D eigenvalue weighted by Crippen LogP contribution is -2.49. The molecule has 1 N–H and O–H groups in total. The smallest absolute Gasteiger partial charge is 0.407 e. The van der Waals surface area contributed by atoms with Crippen LogP contribution in [0.3, 0.4) is 0 Å². The molecule has 9 nitrogen and oxygen atoms in total. The maximum Gasteiger partial charge on any atom is 0.407 e. The lowest BCUT2D eigenvalue weighted by molar-refractivity contribution is 0.124. The van der Waals surface area contributed by atoms with Crippen LogP contribution >= 0.6 is 0 Å². The van der Waals surface area contributed by atoms with Gasteiger partial charge in [0.2, 0.25) is 6.79 Å². The van der Waals surface area contributed by atoms with Gasteiger partial charge in [-0.15, -0.1) is 5.10 Å². The highest BCUT2D eigenvalue weighted by Crippen LogP contribution is 2.38. The Kier molecular flexibility index (Phi) is 4.36. The molecule has 26 heavy (non-hydrogen) atoms. The highest BCUT2D eigenvalue weighted by Gasteiger charge is 2.41. The van der Waals surface area contributed by atoms with Crippen molar-refractivity contribution in [1.82, 2.24) is 25.5 Å². The van der Waals surface area contributed by atoms with Crippen LogP contribution in [0.25, 0.3) is 5.69 Å². The van der Waals surface area contributed by atoms with E-state index in [1.165, 1.54) is 0 Å². The Balaban J connectivity index is 1.71. The van der Waals surface area contributed by atoms with E-state index in [2.05, 4.69) is 20.8 Å². The van der Waals surface area contributed by atoms with Crippen molar-refractivity contribution in [3.63, 3.8) is 0 Å². The Hall–Kier alpha value is -2.84. The molecule has 1 fully saturated rings. The first-order valence-corrected chi connectivity index (χ1v) is 8.86. The molecule has 0 atom stereocenters. The second kappa shape index (κ2) is 6.81. The number of tetrazole rings is 1. The van der Waals surface area contributed by atoms with Crippen LogP contribution < -0.4 is 14.8 Å². The monoisotopic (exact) mass is 359 g/mol. The van der Waals surface area contributed by atoms with Crippen molar-refractivity contribution in [2.45, 2.75) is 44.6 Å². The van der Waals surface area contributed by atoms with Gasteiger partial charge in [-0.2, -0.15) is 4.68 Å². The lowest BCUT2D eigenvalue weighted by atomic mass is 9.81. The Bertz CT molecular complexity index is 800. The van der Waals surface area contributed by atoms with Crippen LogP contribution in [-0.4, -0.2) is 39.7 Å². The molecular formula is C17H21N5O4. The summed E-state index contributed by atoms with van der Waals surface area (Å²) in [6.45, 7) is 2.30. The van der Waals surface area contributed by atoms with Gasteiger partial charge in [-0.25, -0.2) is 4.79 Å². The van der Waals surface area contributed by atoms with E-state index in [0.717, 1.165) is 37.8 Å². The van der Waals surface area contributed by atoms with Crippen LogP contribution in [-0.2, 0) is 10.3 Å². The van der Waals surface area contributed by atoms with Gasteiger partial charge in [0.25, 0.3) is 0 Å². The van der Waals surface area contributed by atoms with Crippen molar-refractivity contribution in [3.05, 3.63) is 24.0 Å². The summed E-state index contributed by atoms with van der Waals surface area (Å²) in [5, 5.41) is 15.3. The van der Waals surface area contributed by atoms with Gasteiger partial charge in [0, 0.05) is 6.07 Å². The highest BCUT2D eigenvalue weighted by molar-refractivity contribution is 5.68. The number of carbonyl (C=O) groups is 1. The molecule has 1 aromatic heterocycles. The third-order valence-electron chi connectivity index (χ3n) is 4.82. The summed E-state index contributed by atoms with van der Waals surface area (Å²) in [6, 6.07) is 5.53. The average molecular weight is 359 g/mol. The first-order chi connectivity index (χ1) is 12.7. The SMILES string of the molecule is CCOC(=O)NC1(c2nnnn2-c2ccc3c(c2)OCO3)CCCCC1. The largest absolute Gasteiger partial charge is 0.454 e. The Morgan fingerprint density at radius 2 is 2.08 bits per heavy atom. The number of benzene rings is 1. The lowest BCUT2D eigenvalue weighted by Gasteiger charge is -2.36. The van der Waals surface area contributed by atoms with E-state index in [9.17, 15) is 4.79 Å². The van der Waals surface area contributed by atoms with Gasteiger partial charge in [0.05, 0.1) is 12.3 Å². The first kappa shape index (κ1) is 16.6. The van der Waals surface area contributed by atoms with Gasteiger partial charge >= 0.3 is 6.09 Å². The molecule has 1 aliphatic carbocycles. The molecule has 0 saturated heterocycles. The zero-order valence-corrected chi connectivity index (χ0v) is 14.6. The second-order valence-electron chi connectivity index (χ2n) is 6.44. The molecule has 1 aromatic carbocycles. The highest BCUT2D eigenvalue weighted by atomic mass is 16.7. The number of hydrogen-bond acceptors (Lipinski definition) is 7. The number of ether oxygens (including phenoxy) is 3. The molecule has 9 heteroatoms. The summed E-state index contributed by atoms with van der Waals surface area (Å²) in [7, 11) is 0. The van der Waals surface area contributed by atoms with Gasteiger partial charge in [-0.3, -0.25) is 0 Å². The fraction of sp³-hybridized carbons (Fsp3) is 0.529. The summed E-state index contributed by atoms with van der Waals surface area (Å²) < 4.78 is 17.6. The van der Waals surface area contributed by atoms with E-state index in [4.69, 9.17) is 14.2 Å². The van der Waals surface area contributed by atoms with E-state index in [1.54, 1.807) is 11.6 Å². The van der Waals surface area contributed by atoms with E-state index in [-0.39, 0.29) is 6.79 Å². The van der Waals surface area contributed by atoms with Crippen molar-refractivity contribution in [1.29, 1.82) is 0 Å². The number of hydrogen-bond donors (Lipinski definition) is 1. The van der Waals surface area contributed by atoms with Crippen LogP contribution in [0, 0.1) is 0 Å². The first-order valence-electron chi connectivity index (χ1n) is 8.86. The summed E-state index contributed by atoms with van der Waals surface area (Å²) in [4.78, 5) is 12.2. The predicted molar refractivity (Wildman–Crippen MR) is 90.2 cm³/mol. The van der Waals surface area contributed by atoms with Crippen molar-refractivity contribution < 1.29 is 19.0 Å². The maximum absolute atomic E-state index is 12.2. The predicted octanol–water partition coefficient (Wildman–Crippen LogP) is 2.30. The molecule has 0 radical (unpaired) electrons. The summed E-state index contributed by atoms with van der Waals surface area (Å²) in [5.41, 5.74) is 0.106. The molecular weight excluding hydrogens is 338 g/mol. The normalized spacial score (nSPS) is 17.7. The van der Waals surface area contributed by atoms with Gasteiger partial charge in [-0.05, 0) is 42.3 Å². The third-order valence-corrected chi connectivity index (χ3v) is 4.82. The summed E-state index contributed by atoms with van der Waals surface area (Å²) in [5.74, 6) is 1.95. The fourth-order valence-electron chi connectivity index (χ4n) is 3.60. The van der Waals surface area contributed by atoms with Crippen molar-refractivity contribution in [2.24, 2.45) is 0 Å². The number of nitrogens with one attached hydrogen (secondary N) is 1. The van der Waals surface area contributed by atoms with Crippen LogP contribution in [0.15, 0.2) is 18.2 Å². The van der Waals surface area contributed by atoms with Crippen LogP contribution in [0.4, 0.5) is 4.79 Å². The molecule has 2 aromatic rings. The van der Waals surface area contributed by atoms with Gasteiger partial charge < -0.3 is 19.5 Å². The second-order valence-corrected chi connectivity index (χ2v) is 6.44. The van der Waals surface area contributed by atoms with E-state index in [1.807, 2.05) is 18.2 Å². The number of carbonyl (C=O) groups excluding carboxylic acids is 1. The van der Waals surface area contributed by atoms with E-state index in [0.29, 0.717) is 23.9 Å². The molecule has 2 heterocycles. The molecule has 0 unspecified atom stereocenters. The molecule has 138 valence electrons. The maximum atomic E-state index is 12.2. The van der Waals surface area contributed by atoms with E-state index < -0.39 is 11.6 Å². The Morgan fingerprint density at radius 3 is 2.88 bits per heavy atom. The molecule has 0 spiro atoms. The minimum absolute atomic E-state index is 0.204. The average Bonchev–Trinajstić information content (AvgIpc) is 3.31. The van der Waals surface area contributed by atoms with E-state index >= 15 is 0 Å². The molecule has 1 saturated carbocycles. The van der Waals surface area contributed by atoms with Crippen LogP contribution in [0.5, 0.6) is 11.5 Å². The summed E-state index contributed by atoms with van der Waals surface area (Å²) >= 11 is 0. The van der Waals surface area contributed by atoms with Gasteiger partial charge in [0.15, 0.2) is 17.3 Å². The Labute approximate surface area is 150 Å². The molecule has 4 rings (SSSR count). The quantitative estimate of drug-likeness (QED) is 0.894. The number of rotatable bonds is 4. The third kappa shape index (κ3) is 2.93. The number of fused-ring (bicyclic) bond motifs is 1. The van der Waals surface area contributed by atoms with Crippen LogP contribution in [0.2, 0.25) is 0 Å². The van der Waals surface area contributed by atoms with Crippen LogP contribution in [0.1, 0.15) is 44.9 Å². The fourth-order valence-corrected chi connectivity index (χ4v) is 3.60. The number of amides is 1. The molecule has 0 bridgehead atoms. The topological polar surface area (TPSA) is 100 Å². The van der Waals surface area contributed by atoms with Crippen molar-refractivity contribution in [3.8, 4) is 17.2 Å². The summed E-state index contributed by atoms with van der Waals surface area (Å²) in [6.07, 6.45) is 4.17. The number of alkyl carbamates (subject to hydrolysis) is 1. The number of nitrogens with zero attached hydrogens (tertiary/aromatic N) is 4. The Morgan fingerprint density at radius 1 is 1.27 bits per heavy atom. The molecule has 1 amide bonds. The minimum Gasteiger partial charge on any atom is -0.454 e. The van der Waals surface area contributed by atoms with Crippen molar-refractivity contribution in [2.75, 3.05) is 13.4 Å². The minimum atomic E-state index is -0.648. The standard InChI is InChI=1S/C17H21N5O4/c1-2-24-16(23)18-17(8-4-3-5-9-17)15-19-20-21-22(15)12-6-7-13-14(10-12)26-11-25-13/h6-7,10H,2-5,8-9,11H2,1H3,(H,18,23).